The molecule has 2 amide bonds. The molecule has 0 bridgehead atoms. The third kappa shape index (κ3) is 5.78. The van der Waals surface area contributed by atoms with Crippen LogP contribution in [0.15, 0.2) is 59.5 Å². The molecule has 180 valence electrons. The molecule has 0 aliphatic rings. The van der Waals surface area contributed by atoms with Crippen LogP contribution in [0, 0.1) is 24.4 Å². The molecule has 6 nitrogen and oxygen atoms in total. The molecule has 0 saturated carbocycles. The summed E-state index contributed by atoms with van der Waals surface area (Å²) in [6, 6.07) is 7.02. The first-order valence-electron chi connectivity index (χ1n) is 9.29. The van der Waals surface area contributed by atoms with Crippen LogP contribution in [0.3, 0.4) is 0 Å². The van der Waals surface area contributed by atoms with Gasteiger partial charge in [0.2, 0.25) is 0 Å². The summed E-state index contributed by atoms with van der Waals surface area (Å²) in [6.07, 6.45) is -4.62. The van der Waals surface area contributed by atoms with Crippen molar-refractivity contribution in [3.05, 3.63) is 83.2 Å². The minimum Gasteiger partial charge on any atom is -0.308 e. The second-order valence-electron chi connectivity index (χ2n) is 6.99. The van der Waals surface area contributed by atoms with E-state index < -0.39 is 55.8 Å². The largest absolute Gasteiger partial charge is 0.416 e. The van der Waals surface area contributed by atoms with Crippen LogP contribution in [0.25, 0.3) is 0 Å². The van der Waals surface area contributed by atoms with Gasteiger partial charge >= 0.3 is 12.2 Å². The second kappa shape index (κ2) is 9.25. The maximum absolute atomic E-state index is 13.9. The van der Waals surface area contributed by atoms with E-state index in [2.05, 4.69) is 10.6 Å². The molecule has 0 fully saturated rings. The van der Waals surface area contributed by atoms with Gasteiger partial charge in [-0.05, 0) is 42.8 Å². The van der Waals surface area contributed by atoms with Crippen LogP contribution in [0.4, 0.5) is 48.2 Å². The van der Waals surface area contributed by atoms with Gasteiger partial charge in [0.1, 0.15) is 5.82 Å². The van der Waals surface area contributed by atoms with Gasteiger partial charge in [-0.1, -0.05) is 12.1 Å². The summed E-state index contributed by atoms with van der Waals surface area (Å²) in [5.74, 6) is -4.33. The highest BCUT2D eigenvalue weighted by atomic mass is 32.2. The Hall–Kier alpha value is -3.74. The molecule has 0 spiro atoms. The Morgan fingerprint density at radius 3 is 2.09 bits per heavy atom. The molecule has 0 radical (unpaired) electrons. The fourth-order valence-electron chi connectivity index (χ4n) is 2.83. The summed E-state index contributed by atoms with van der Waals surface area (Å²) in [5, 5.41) is 4.47. The fourth-order valence-corrected chi connectivity index (χ4v) is 4.16. The van der Waals surface area contributed by atoms with Gasteiger partial charge in [-0.15, -0.1) is 0 Å². The summed E-state index contributed by atoms with van der Waals surface area (Å²) in [7, 11) is -4.51. The molecule has 3 aromatic rings. The maximum Gasteiger partial charge on any atom is 0.416 e. The molecule has 3 N–H and O–H groups in total. The number of halogens is 6. The number of amides is 2. The normalized spacial score (nSPS) is 11.7. The van der Waals surface area contributed by atoms with E-state index in [0.717, 1.165) is 18.2 Å². The van der Waals surface area contributed by atoms with Gasteiger partial charge in [0.25, 0.3) is 10.0 Å². The van der Waals surface area contributed by atoms with E-state index >= 15 is 0 Å². The fraction of sp³-hybridized carbons (Fsp3) is 0.0952. The summed E-state index contributed by atoms with van der Waals surface area (Å²) < 4.78 is 106. The first-order valence-corrected chi connectivity index (χ1v) is 10.8. The Balaban J connectivity index is 1.81. The minimum absolute atomic E-state index is 0.0683. The van der Waals surface area contributed by atoms with Crippen LogP contribution in [0.1, 0.15) is 11.1 Å². The first-order chi connectivity index (χ1) is 15.8. The molecule has 0 unspecified atom stereocenters. The Labute approximate surface area is 189 Å². The van der Waals surface area contributed by atoms with Crippen molar-refractivity contribution in [2.75, 3.05) is 15.4 Å². The summed E-state index contributed by atoms with van der Waals surface area (Å²) in [5.41, 5.74) is -1.88. The Morgan fingerprint density at radius 2 is 1.44 bits per heavy atom. The quantitative estimate of drug-likeness (QED) is 0.300. The second-order valence-corrected chi connectivity index (χ2v) is 8.64. The SMILES string of the molecule is Cc1ccc(NC(=O)Nc2cccc(C(F)(F)F)c2)cc1S(=O)(=O)Nc1cc(F)c(F)cc1F. The predicted molar refractivity (Wildman–Crippen MR) is 112 cm³/mol. The van der Waals surface area contributed by atoms with Crippen molar-refractivity contribution in [1.29, 1.82) is 0 Å². The monoisotopic (exact) mass is 503 g/mol. The molecule has 34 heavy (non-hydrogen) atoms. The highest BCUT2D eigenvalue weighted by Crippen LogP contribution is 2.31. The Kier molecular flexibility index (Phi) is 6.77. The number of urea groups is 1. The molecule has 0 aromatic heterocycles. The van der Waals surface area contributed by atoms with Crippen LogP contribution in [-0.4, -0.2) is 14.4 Å². The van der Waals surface area contributed by atoms with Crippen LogP contribution in [-0.2, 0) is 16.2 Å². The lowest BCUT2D eigenvalue weighted by molar-refractivity contribution is -0.137. The summed E-state index contributed by atoms with van der Waals surface area (Å²) in [4.78, 5) is 11.8. The summed E-state index contributed by atoms with van der Waals surface area (Å²) >= 11 is 0. The molecular formula is C21H15F6N3O3S. The van der Waals surface area contributed by atoms with E-state index in [1.165, 1.54) is 25.1 Å². The van der Waals surface area contributed by atoms with E-state index in [1.807, 2.05) is 4.72 Å². The predicted octanol–water partition coefficient (Wildman–Crippen LogP) is 5.88. The highest BCUT2D eigenvalue weighted by Gasteiger charge is 2.30. The number of sulfonamides is 1. The molecule has 0 saturated heterocycles. The van der Waals surface area contributed by atoms with Gasteiger partial charge in [-0.2, -0.15) is 13.2 Å². The van der Waals surface area contributed by atoms with Crippen molar-refractivity contribution >= 4 is 33.1 Å². The number of rotatable bonds is 5. The average Bonchev–Trinajstić information content (AvgIpc) is 2.72. The van der Waals surface area contributed by atoms with Crippen molar-refractivity contribution in [1.82, 2.24) is 0 Å². The number of hydrogen-bond acceptors (Lipinski definition) is 3. The average molecular weight is 503 g/mol. The number of carbonyl (C=O) groups is 1. The van der Waals surface area contributed by atoms with Crippen LogP contribution >= 0.6 is 0 Å². The first kappa shape index (κ1) is 24.9. The topological polar surface area (TPSA) is 87.3 Å². The van der Waals surface area contributed by atoms with Crippen LogP contribution < -0.4 is 15.4 Å². The van der Waals surface area contributed by atoms with Crippen LogP contribution in [0.2, 0.25) is 0 Å². The standard InChI is InChI=1S/C21H15F6N3O3S/c1-11-5-6-14(29-20(31)28-13-4-2-3-12(7-13)21(25,26)27)8-19(11)34(32,33)30-18-10-16(23)15(22)9-17(18)24/h2-10,30H,1H3,(H2,28,29,31). The summed E-state index contributed by atoms with van der Waals surface area (Å²) in [6.45, 7) is 1.39. The molecule has 0 aliphatic heterocycles. The van der Waals surface area contributed by atoms with Gasteiger partial charge in [0, 0.05) is 23.5 Å². The smallest absolute Gasteiger partial charge is 0.308 e. The number of benzene rings is 3. The lowest BCUT2D eigenvalue weighted by atomic mass is 10.2. The number of alkyl halides is 3. The Bertz CT molecular complexity index is 1360. The third-order valence-corrected chi connectivity index (χ3v) is 5.95. The lowest BCUT2D eigenvalue weighted by Crippen LogP contribution is -2.21. The van der Waals surface area contributed by atoms with Crippen LogP contribution in [0.5, 0.6) is 0 Å². The zero-order valence-corrected chi connectivity index (χ0v) is 17.9. The van der Waals surface area contributed by atoms with Crippen molar-refractivity contribution in [3.8, 4) is 0 Å². The molecular weight excluding hydrogens is 488 g/mol. The van der Waals surface area contributed by atoms with Gasteiger partial charge in [-0.3, -0.25) is 4.72 Å². The van der Waals surface area contributed by atoms with Crippen molar-refractivity contribution in [2.24, 2.45) is 0 Å². The van der Waals surface area contributed by atoms with E-state index in [9.17, 15) is 39.6 Å². The number of carbonyl (C=O) groups excluding carboxylic acids is 1. The van der Waals surface area contributed by atoms with Gasteiger partial charge in [0.15, 0.2) is 11.6 Å². The van der Waals surface area contributed by atoms with Gasteiger partial charge < -0.3 is 10.6 Å². The molecule has 0 heterocycles. The van der Waals surface area contributed by atoms with Gasteiger partial charge in [0.05, 0.1) is 16.1 Å². The van der Waals surface area contributed by atoms with Crippen molar-refractivity contribution in [2.45, 2.75) is 18.0 Å². The molecule has 3 aromatic carbocycles. The molecule has 0 atom stereocenters. The zero-order valence-electron chi connectivity index (χ0n) is 17.1. The Morgan fingerprint density at radius 1 is 0.824 bits per heavy atom. The highest BCUT2D eigenvalue weighted by molar-refractivity contribution is 7.92. The van der Waals surface area contributed by atoms with Gasteiger partial charge in [-0.25, -0.2) is 26.4 Å². The van der Waals surface area contributed by atoms with E-state index in [0.29, 0.717) is 12.1 Å². The number of aryl methyl sites for hydroxylation is 1. The molecule has 0 aliphatic carbocycles. The third-order valence-electron chi connectivity index (χ3n) is 4.44. The zero-order chi connectivity index (χ0) is 25.3. The number of anilines is 3. The maximum atomic E-state index is 13.9. The van der Waals surface area contributed by atoms with E-state index in [-0.39, 0.29) is 23.0 Å². The number of nitrogens with one attached hydrogen (secondary N) is 3. The van der Waals surface area contributed by atoms with Crippen molar-refractivity contribution in [3.63, 3.8) is 0 Å². The molecule has 13 heteroatoms. The minimum atomic E-state index is -4.62. The van der Waals surface area contributed by atoms with Crippen molar-refractivity contribution < 1.29 is 39.6 Å². The van der Waals surface area contributed by atoms with E-state index in [1.54, 1.807) is 0 Å². The number of hydrogen-bond donors (Lipinski definition) is 3. The van der Waals surface area contributed by atoms with E-state index in [4.69, 9.17) is 0 Å². The lowest BCUT2D eigenvalue weighted by Gasteiger charge is -2.14. The molecule has 3 rings (SSSR count).